The van der Waals surface area contributed by atoms with E-state index in [2.05, 4.69) is 59.8 Å². The minimum atomic E-state index is -0.0457. The van der Waals surface area contributed by atoms with Crippen LogP contribution in [0.2, 0.25) is 0 Å². The number of rotatable bonds is 5. The molecular formula is C29H46O. The molecule has 0 aromatic rings. The average molecular weight is 411 g/mol. The molecule has 2 fully saturated rings. The maximum Gasteiger partial charge on any atom is 0.0543 e. The predicted molar refractivity (Wildman–Crippen MR) is 128 cm³/mol. The van der Waals surface area contributed by atoms with Gasteiger partial charge in [-0.05, 0) is 111 Å². The van der Waals surface area contributed by atoms with E-state index in [0.29, 0.717) is 22.7 Å². The molecule has 0 spiro atoms. The van der Waals surface area contributed by atoms with Gasteiger partial charge in [-0.25, -0.2) is 0 Å². The van der Waals surface area contributed by atoms with Gasteiger partial charge in [0.25, 0.3) is 0 Å². The van der Waals surface area contributed by atoms with Gasteiger partial charge in [0, 0.05) is 0 Å². The molecule has 4 rings (SSSR count). The zero-order valence-electron chi connectivity index (χ0n) is 20.5. The molecule has 0 heterocycles. The monoisotopic (exact) mass is 410 g/mol. The van der Waals surface area contributed by atoms with Crippen LogP contribution in [0.15, 0.2) is 34.9 Å². The quantitative estimate of drug-likeness (QED) is 0.457. The van der Waals surface area contributed by atoms with Crippen molar-refractivity contribution in [3.05, 3.63) is 34.9 Å². The molecule has 0 radical (unpaired) electrons. The first kappa shape index (κ1) is 22.4. The van der Waals surface area contributed by atoms with Gasteiger partial charge in [-0.15, -0.1) is 0 Å². The molecular weight excluding hydrogens is 364 g/mol. The Morgan fingerprint density at radius 2 is 1.93 bits per heavy atom. The van der Waals surface area contributed by atoms with E-state index in [1.165, 1.54) is 44.9 Å². The summed E-state index contributed by atoms with van der Waals surface area (Å²) in [6, 6.07) is 0. The van der Waals surface area contributed by atoms with Crippen LogP contribution in [-0.4, -0.2) is 11.2 Å². The van der Waals surface area contributed by atoms with Gasteiger partial charge in [0.2, 0.25) is 0 Å². The largest absolute Gasteiger partial charge is 0.393 e. The number of allylic oxidation sites excluding steroid dienone is 6. The van der Waals surface area contributed by atoms with Crippen LogP contribution in [0.1, 0.15) is 99.3 Å². The second kappa shape index (κ2) is 8.27. The zero-order valence-corrected chi connectivity index (χ0v) is 20.5. The summed E-state index contributed by atoms with van der Waals surface area (Å²) in [7, 11) is 0. The first-order valence-electron chi connectivity index (χ1n) is 13.0. The topological polar surface area (TPSA) is 20.2 Å². The van der Waals surface area contributed by atoms with Crippen molar-refractivity contribution in [1.82, 2.24) is 0 Å². The van der Waals surface area contributed by atoms with Gasteiger partial charge in [-0.2, -0.15) is 0 Å². The molecule has 4 aliphatic rings. The van der Waals surface area contributed by atoms with Gasteiger partial charge in [0.05, 0.1) is 6.10 Å². The normalized spacial score (nSPS) is 42.2. The van der Waals surface area contributed by atoms with Crippen LogP contribution < -0.4 is 0 Å². The fourth-order valence-electron chi connectivity index (χ4n) is 8.19. The lowest BCUT2D eigenvalue weighted by Crippen LogP contribution is -2.48. The standard InChI is InChI=1S/C29H46O/c1-7-21(19(2)3)9-8-20(4)25-12-13-26-24-11-10-22-18-23(30)14-16-28(22,5)27(24)15-17-29(25,26)6/h7,12-13,19-20,22-23,25,27,30H,8-11,14-18H2,1-6H3/t20-,22-,23+,25+,27-,28+,29+/m1/s1. The zero-order chi connectivity index (χ0) is 21.7. The van der Waals surface area contributed by atoms with Gasteiger partial charge < -0.3 is 5.11 Å². The van der Waals surface area contributed by atoms with Crippen LogP contribution in [0, 0.1) is 40.4 Å². The van der Waals surface area contributed by atoms with Crippen LogP contribution in [0.25, 0.3) is 0 Å². The molecule has 1 N–H and O–H groups in total. The van der Waals surface area contributed by atoms with Crippen LogP contribution in [0.3, 0.4) is 0 Å². The number of aliphatic hydroxyl groups is 1. The molecule has 0 bridgehead atoms. The van der Waals surface area contributed by atoms with E-state index in [9.17, 15) is 5.11 Å². The van der Waals surface area contributed by atoms with Crippen LogP contribution in [-0.2, 0) is 0 Å². The Morgan fingerprint density at radius 1 is 1.17 bits per heavy atom. The van der Waals surface area contributed by atoms with Crippen molar-refractivity contribution in [2.45, 2.75) is 105 Å². The summed E-state index contributed by atoms with van der Waals surface area (Å²) >= 11 is 0. The lowest BCUT2D eigenvalue weighted by molar-refractivity contribution is -0.0376. The first-order chi connectivity index (χ1) is 14.2. The molecule has 0 unspecified atom stereocenters. The Morgan fingerprint density at radius 3 is 2.63 bits per heavy atom. The van der Waals surface area contributed by atoms with E-state index < -0.39 is 0 Å². The van der Waals surface area contributed by atoms with E-state index >= 15 is 0 Å². The third kappa shape index (κ3) is 3.58. The van der Waals surface area contributed by atoms with Crippen molar-refractivity contribution in [2.75, 3.05) is 0 Å². The second-order valence-corrected chi connectivity index (χ2v) is 12.0. The molecule has 0 aromatic heterocycles. The van der Waals surface area contributed by atoms with Crippen molar-refractivity contribution in [3.63, 3.8) is 0 Å². The highest BCUT2D eigenvalue weighted by molar-refractivity contribution is 5.44. The Kier molecular flexibility index (Phi) is 6.17. The predicted octanol–water partition coefficient (Wildman–Crippen LogP) is 7.87. The Labute approximate surface area is 186 Å². The molecule has 168 valence electrons. The second-order valence-electron chi connectivity index (χ2n) is 12.0. The fraction of sp³-hybridized carbons (Fsp3) is 0.793. The summed E-state index contributed by atoms with van der Waals surface area (Å²) in [6.07, 6.45) is 18.6. The third-order valence-electron chi connectivity index (χ3n) is 10.2. The maximum absolute atomic E-state index is 10.3. The number of fused-ring (bicyclic) bond motifs is 4. The maximum atomic E-state index is 10.3. The molecule has 4 aliphatic carbocycles. The first-order valence-corrected chi connectivity index (χ1v) is 13.0. The third-order valence-corrected chi connectivity index (χ3v) is 10.2. The van der Waals surface area contributed by atoms with Crippen molar-refractivity contribution < 1.29 is 5.11 Å². The van der Waals surface area contributed by atoms with E-state index in [0.717, 1.165) is 30.6 Å². The molecule has 0 amide bonds. The van der Waals surface area contributed by atoms with Crippen LogP contribution in [0.5, 0.6) is 0 Å². The van der Waals surface area contributed by atoms with E-state index in [1.54, 1.807) is 11.1 Å². The van der Waals surface area contributed by atoms with Crippen molar-refractivity contribution in [2.24, 2.45) is 40.4 Å². The van der Waals surface area contributed by atoms with Gasteiger partial charge >= 0.3 is 0 Å². The molecule has 1 nitrogen and oxygen atoms in total. The highest BCUT2D eigenvalue weighted by Crippen LogP contribution is 2.64. The van der Waals surface area contributed by atoms with Crippen molar-refractivity contribution >= 4 is 0 Å². The van der Waals surface area contributed by atoms with Gasteiger partial charge in [0.15, 0.2) is 0 Å². The van der Waals surface area contributed by atoms with Gasteiger partial charge in [-0.1, -0.05) is 64.0 Å². The van der Waals surface area contributed by atoms with Crippen LogP contribution >= 0.6 is 0 Å². The summed E-state index contributed by atoms with van der Waals surface area (Å²) in [4.78, 5) is 0. The summed E-state index contributed by atoms with van der Waals surface area (Å²) in [5, 5.41) is 10.3. The minimum absolute atomic E-state index is 0.0457. The highest BCUT2D eigenvalue weighted by Gasteiger charge is 2.54. The van der Waals surface area contributed by atoms with Crippen LogP contribution in [0.4, 0.5) is 0 Å². The number of hydrogen-bond acceptors (Lipinski definition) is 1. The van der Waals surface area contributed by atoms with Crippen molar-refractivity contribution in [1.29, 1.82) is 0 Å². The molecule has 0 aromatic carbocycles. The Bertz CT molecular complexity index is 739. The Balaban J connectivity index is 1.54. The molecule has 0 saturated heterocycles. The number of hydrogen-bond donors (Lipinski definition) is 1. The lowest BCUT2D eigenvalue weighted by Gasteiger charge is -2.56. The molecule has 2 saturated carbocycles. The van der Waals surface area contributed by atoms with E-state index in [4.69, 9.17) is 0 Å². The summed E-state index contributed by atoms with van der Waals surface area (Å²) in [5.74, 6) is 3.61. The van der Waals surface area contributed by atoms with E-state index in [-0.39, 0.29) is 6.10 Å². The minimum Gasteiger partial charge on any atom is -0.393 e. The molecule has 0 aliphatic heterocycles. The van der Waals surface area contributed by atoms with Crippen molar-refractivity contribution in [3.8, 4) is 0 Å². The smallest absolute Gasteiger partial charge is 0.0543 e. The SMILES string of the molecule is CC=C(CC[C@@H](C)[C@@H]1C=CC2=C3CC[C@@H]4C[C@@H](O)CC[C@]4(C)[C@@H]3CC[C@]21C)C(C)C. The Hall–Kier alpha value is -0.820. The number of aliphatic hydroxyl groups excluding tert-OH is 1. The molecule has 7 atom stereocenters. The highest BCUT2D eigenvalue weighted by atomic mass is 16.3. The molecule has 1 heteroatoms. The summed E-state index contributed by atoms with van der Waals surface area (Å²) in [5.41, 5.74) is 5.97. The van der Waals surface area contributed by atoms with Gasteiger partial charge in [0.1, 0.15) is 0 Å². The fourth-order valence-corrected chi connectivity index (χ4v) is 8.19. The summed E-state index contributed by atoms with van der Waals surface area (Å²) < 4.78 is 0. The average Bonchev–Trinajstić information content (AvgIpc) is 3.06. The van der Waals surface area contributed by atoms with Gasteiger partial charge in [-0.3, -0.25) is 0 Å². The van der Waals surface area contributed by atoms with E-state index in [1.807, 2.05) is 5.57 Å². The lowest BCUT2D eigenvalue weighted by atomic mass is 9.48. The summed E-state index contributed by atoms with van der Waals surface area (Å²) in [6.45, 7) is 14.5. The molecule has 30 heavy (non-hydrogen) atoms.